The molecular formula is C14H23FN2O3S. The zero-order chi connectivity index (χ0) is 15.9. The van der Waals surface area contributed by atoms with Gasteiger partial charge in [-0.2, -0.15) is 0 Å². The van der Waals surface area contributed by atoms with Crippen LogP contribution in [0.3, 0.4) is 0 Å². The molecule has 0 unspecified atom stereocenters. The van der Waals surface area contributed by atoms with Crippen LogP contribution in [0.2, 0.25) is 0 Å². The predicted octanol–water partition coefficient (Wildman–Crippen LogP) is 1.77. The SMILES string of the molecule is CC(C)OCCCCNS(=O)(=O)c1cccc(F)c1CN. The zero-order valence-corrected chi connectivity index (χ0v) is 13.2. The Morgan fingerprint density at radius 2 is 2.05 bits per heavy atom. The molecule has 1 rings (SSSR count). The summed E-state index contributed by atoms with van der Waals surface area (Å²) in [5, 5.41) is 0. The largest absolute Gasteiger partial charge is 0.379 e. The predicted molar refractivity (Wildman–Crippen MR) is 79.8 cm³/mol. The smallest absolute Gasteiger partial charge is 0.240 e. The van der Waals surface area contributed by atoms with Crippen molar-refractivity contribution < 1.29 is 17.5 Å². The standard InChI is InChI=1S/C14H23FN2O3S/c1-11(2)20-9-4-3-8-17-21(18,19)14-7-5-6-13(15)12(14)10-16/h5-7,11,17H,3-4,8-10,16H2,1-2H3. The molecular weight excluding hydrogens is 295 g/mol. The Morgan fingerprint density at radius 3 is 2.67 bits per heavy atom. The van der Waals surface area contributed by atoms with Crippen LogP contribution in [0.4, 0.5) is 4.39 Å². The highest BCUT2D eigenvalue weighted by atomic mass is 32.2. The third-order valence-corrected chi connectivity index (χ3v) is 4.43. The van der Waals surface area contributed by atoms with Crippen LogP contribution in [0.25, 0.3) is 0 Å². The molecule has 120 valence electrons. The van der Waals surface area contributed by atoms with Gasteiger partial charge in [0.15, 0.2) is 0 Å². The lowest BCUT2D eigenvalue weighted by Crippen LogP contribution is -2.27. The summed E-state index contributed by atoms with van der Waals surface area (Å²) in [6, 6.07) is 3.92. The highest BCUT2D eigenvalue weighted by Crippen LogP contribution is 2.18. The third kappa shape index (κ3) is 5.70. The number of benzene rings is 1. The number of ether oxygens (including phenoxy) is 1. The Kier molecular flexibility index (Phi) is 7.24. The summed E-state index contributed by atoms with van der Waals surface area (Å²) in [4.78, 5) is -0.0940. The maximum Gasteiger partial charge on any atom is 0.240 e. The van der Waals surface area contributed by atoms with Gasteiger partial charge in [0.2, 0.25) is 10.0 Å². The molecule has 0 heterocycles. The van der Waals surface area contributed by atoms with Gasteiger partial charge in [-0.15, -0.1) is 0 Å². The molecule has 0 amide bonds. The first-order chi connectivity index (χ1) is 9.88. The fourth-order valence-electron chi connectivity index (χ4n) is 1.82. The molecule has 21 heavy (non-hydrogen) atoms. The minimum Gasteiger partial charge on any atom is -0.379 e. The summed E-state index contributed by atoms with van der Waals surface area (Å²) in [6.07, 6.45) is 1.58. The van der Waals surface area contributed by atoms with Gasteiger partial charge >= 0.3 is 0 Å². The van der Waals surface area contributed by atoms with Crippen molar-refractivity contribution in [3.63, 3.8) is 0 Å². The Labute approximate surface area is 125 Å². The number of sulfonamides is 1. The topological polar surface area (TPSA) is 81.4 Å². The number of hydrogen-bond acceptors (Lipinski definition) is 4. The number of halogens is 1. The van der Waals surface area contributed by atoms with E-state index in [1.807, 2.05) is 13.8 Å². The van der Waals surface area contributed by atoms with Crippen molar-refractivity contribution in [2.24, 2.45) is 5.73 Å². The average molecular weight is 318 g/mol. The van der Waals surface area contributed by atoms with Crippen LogP contribution in [0.5, 0.6) is 0 Å². The monoisotopic (exact) mass is 318 g/mol. The van der Waals surface area contributed by atoms with Crippen LogP contribution in [0.15, 0.2) is 23.1 Å². The van der Waals surface area contributed by atoms with Crippen molar-refractivity contribution in [1.82, 2.24) is 4.72 Å². The van der Waals surface area contributed by atoms with E-state index in [4.69, 9.17) is 10.5 Å². The first-order valence-electron chi connectivity index (χ1n) is 6.97. The third-order valence-electron chi connectivity index (χ3n) is 2.88. The molecule has 0 saturated carbocycles. The summed E-state index contributed by atoms with van der Waals surface area (Å²) in [5.41, 5.74) is 5.43. The first kappa shape index (κ1) is 18.0. The first-order valence-corrected chi connectivity index (χ1v) is 8.45. The van der Waals surface area contributed by atoms with E-state index in [1.165, 1.54) is 18.2 Å². The summed E-state index contributed by atoms with van der Waals surface area (Å²) < 4.78 is 45.7. The highest BCUT2D eigenvalue weighted by Gasteiger charge is 2.19. The van der Waals surface area contributed by atoms with Crippen molar-refractivity contribution in [2.75, 3.05) is 13.2 Å². The van der Waals surface area contributed by atoms with Crippen molar-refractivity contribution >= 4 is 10.0 Å². The van der Waals surface area contributed by atoms with E-state index in [0.717, 1.165) is 6.42 Å². The number of unbranched alkanes of at least 4 members (excludes halogenated alkanes) is 1. The molecule has 0 aliphatic heterocycles. The van der Waals surface area contributed by atoms with Gasteiger partial charge in [-0.25, -0.2) is 17.5 Å². The van der Waals surface area contributed by atoms with Crippen molar-refractivity contribution in [1.29, 1.82) is 0 Å². The Hall–Kier alpha value is -1.02. The molecule has 5 nitrogen and oxygen atoms in total. The summed E-state index contributed by atoms with van der Waals surface area (Å²) in [7, 11) is -3.74. The van der Waals surface area contributed by atoms with Gasteiger partial charge in [-0.3, -0.25) is 0 Å². The molecule has 0 radical (unpaired) electrons. The lowest BCUT2D eigenvalue weighted by molar-refractivity contribution is 0.0762. The van der Waals surface area contributed by atoms with Crippen LogP contribution in [0.1, 0.15) is 32.3 Å². The Morgan fingerprint density at radius 1 is 1.33 bits per heavy atom. The molecule has 0 spiro atoms. The van der Waals surface area contributed by atoms with Gasteiger partial charge in [0.1, 0.15) is 5.82 Å². The van der Waals surface area contributed by atoms with Gasteiger partial charge in [-0.05, 0) is 38.8 Å². The normalized spacial score (nSPS) is 12.0. The van der Waals surface area contributed by atoms with Crippen LogP contribution < -0.4 is 10.5 Å². The van der Waals surface area contributed by atoms with Crippen LogP contribution in [0, 0.1) is 5.82 Å². The highest BCUT2D eigenvalue weighted by molar-refractivity contribution is 7.89. The van der Waals surface area contributed by atoms with Gasteiger partial charge in [0, 0.05) is 25.3 Å². The molecule has 0 fully saturated rings. The molecule has 0 saturated heterocycles. The molecule has 3 N–H and O–H groups in total. The minimum atomic E-state index is -3.74. The van der Waals surface area contributed by atoms with E-state index < -0.39 is 15.8 Å². The fraction of sp³-hybridized carbons (Fsp3) is 0.571. The molecule has 1 aromatic carbocycles. The molecule has 0 aliphatic rings. The lowest BCUT2D eigenvalue weighted by atomic mass is 10.2. The molecule has 0 aliphatic carbocycles. The quantitative estimate of drug-likeness (QED) is 0.680. The average Bonchev–Trinajstić information content (AvgIpc) is 2.42. The summed E-state index contributed by atoms with van der Waals surface area (Å²) in [6.45, 7) is 4.60. The molecule has 0 bridgehead atoms. The van der Waals surface area contributed by atoms with Crippen molar-refractivity contribution in [3.8, 4) is 0 Å². The maximum atomic E-state index is 13.6. The van der Waals surface area contributed by atoms with E-state index in [-0.39, 0.29) is 29.7 Å². The molecule has 0 aromatic heterocycles. The van der Waals surface area contributed by atoms with Gasteiger partial charge in [0.05, 0.1) is 11.0 Å². The summed E-state index contributed by atoms with van der Waals surface area (Å²) in [5.74, 6) is -0.606. The molecule has 7 heteroatoms. The number of rotatable bonds is 9. The number of nitrogens with two attached hydrogens (primary N) is 1. The van der Waals surface area contributed by atoms with Gasteiger partial charge in [-0.1, -0.05) is 6.07 Å². The number of nitrogens with one attached hydrogen (secondary N) is 1. The zero-order valence-electron chi connectivity index (χ0n) is 12.4. The Balaban J connectivity index is 2.56. The van der Waals surface area contributed by atoms with E-state index in [0.29, 0.717) is 13.0 Å². The van der Waals surface area contributed by atoms with E-state index in [9.17, 15) is 12.8 Å². The van der Waals surface area contributed by atoms with Crippen molar-refractivity contribution in [3.05, 3.63) is 29.6 Å². The second kappa shape index (κ2) is 8.43. The number of hydrogen-bond donors (Lipinski definition) is 2. The van der Waals surface area contributed by atoms with Crippen LogP contribution >= 0.6 is 0 Å². The second-order valence-electron chi connectivity index (χ2n) is 4.95. The minimum absolute atomic E-state index is 0.00754. The van der Waals surface area contributed by atoms with E-state index in [2.05, 4.69) is 4.72 Å². The van der Waals surface area contributed by atoms with Gasteiger partial charge in [0.25, 0.3) is 0 Å². The Bertz CT molecular complexity index is 547. The molecule has 1 aromatic rings. The van der Waals surface area contributed by atoms with Crippen molar-refractivity contribution in [2.45, 2.75) is 44.2 Å². The summed E-state index contributed by atoms with van der Waals surface area (Å²) >= 11 is 0. The molecule has 0 atom stereocenters. The van der Waals surface area contributed by atoms with E-state index in [1.54, 1.807) is 0 Å². The maximum absolute atomic E-state index is 13.6. The second-order valence-corrected chi connectivity index (χ2v) is 6.68. The van der Waals surface area contributed by atoms with E-state index >= 15 is 0 Å². The van der Waals surface area contributed by atoms with Crippen LogP contribution in [-0.4, -0.2) is 27.7 Å². The van der Waals surface area contributed by atoms with Crippen LogP contribution in [-0.2, 0) is 21.3 Å². The lowest BCUT2D eigenvalue weighted by Gasteiger charge is -2.11. The van der Waals surface area contributed by atoms with Gasteiger partial charge < -0.3 is 10.5 Å². The fourth-order valence-corrected chi connectivity index (χ4v) is 3.15.